The van der Waals surface area contributed by atoms with Gasteiger partial charge in [-0.25, -0.2) is 4.39 Å². The summed E-state index contributed by atoms with van der Waals surface area (Å²) >= 11 is 0. The van der Waals surface area contributed by atoms with E-state index in [-0.39, 0.29) is 11.9 Å². The summed E-state index contributed by atoms with van der Waals surface area (Å²) in [4.78, 5) is 0. The van der Waals surface area contributed by atoms with Crippen molar-refractivity contribution in [2.75, 3.05) is 7.05 Å². The van der Waals surface area contributed by atoms with E-state index in [0.717, 1.165) is 23.3 Å². The molecule has 108 valence electrons. The number of nitrogens with one attached hydrogen (secondary N) is 1. The van der Waals surface area contributed by atoms with Crippen molar-refractivity contribution in [1.29, 1.82) is 0 Å². The molecule has 0 spiro atoms. The first-order valence-corrected chi connectivity index (χ1v) is 8.12. The van der Waals surface area contributed by atoms with Crippen molar-refractivity contribution in [1.82, 2.24) is 5.32 Å². The van der Waals surface area contributed by atoms with E-state index in [1.807, 2.05) is 19.2 Å². The van der Waals surface area contributed by atoms with Gasteiger partial charge in [0.15, 0.2) is 0 Å². The van der Waals surface area contributed by atoms with Crippen LogP contribution in [0.15, 0.2) is 24.3 Å². The van der Waals surface area contributed by atoms with E-state index >= 15 is 0 Å². The lowest BCUT2D eigenvalue weighted by molar-refractivity contribution is -0.0741. The molecule has 4 aliphatic carbocycles. The Morgan fingerprint density at radius 1 is 1.05 bits per heavy atom. The van der Waals surface area contributed by atoms with Crippen LogP contribution in [-0.4, -0.2) is 7.05 Å². The van der Waals surface area contributed by atoms with Crippen LogP contribution in [0.3, 0.4) is 0 Å². The largest absolute Gasteiger partial charge is 0.312 e. The van der Waals surface area contributed by atoms with Crippen LogP contribution in [0.2, 0.25) is 0 Å². The van der Waals surface area contributed by atoms with Crippen molar-refractivity contribution >= 4 is 0 Å². The summed E-state index contributed by atoms with van der Waals surface area (Å²) in [6.07, 6.45) is 8.23. The molecule has 1 atom stereocenters. The van der Waals surface area contributed by atoms with E-state index in [4.69, 9.17) is 0 Å². The summed E-state index contributed by atoms with van der Waals surface area (Å²) < 4.78 is 14.3. The zero-order valence-corrected chi connectivity index (χ0v) is 12.2. The van der Waals surface area contributed by atoms with Gasteiger partial charge in [-0.15, -0.1) is 0 Å². The van der Waals surface area contributed by atoms with Crippen molar-refractivity contribution in [3.63, 3.8) is 0 Å². The molecule has 1 aromatic carbocycles. The third kappa shape index (κ3) is 1.84. The molecule has 5 rings (SSSR count). The molecule has 0 aliphatic heterocycles. The molecule has 1 N–H and O–H groups in total. The first-order chi connectivity index (χ1) is 9.70. The standard InChI is InChI=1S/C18H24FN/c1-20-17(15-4-2-3-5-16(15)19)18-9-12-6-13(10-18)8-14(7-12)11-18/h2-5,12-14,17,20H,6-11H2,1H3. The molecule has 0 radical (unpaired) electrons. The predicted molar refractivity (Wildman–Crippen MR) is 78.8 cm³/mol. The quantitative estimate of drug-likeness (QED) is 0.865. The average molecular weight is 273 g/mol. The smallest absolute Gasteiger partial charge is 0.127 e. The maximum Gasteiger partial charge on any atom is 0.127 e. The van der Waals surface area contributed by atoms with Crippen LogP contribution in [0.25, 0.3) is 0 Å². The van der Waals surface area contributed by atoms with Gasteiger partial charge in [-0.1, -0.05) is 18.2 Å². The highest BCUT2D eigenvalue weighted by Gasteiger charge is 2.54. The van der Waals surface area contributed by atoms with Crippen molar-refractivity contribution in [3.05, 3.63) is 35.6 Å². The first kappa shape index (κ1) is 12.8. The van der Waals surface area contributed by atoms with E-state index in [9.17, 15) is 4.39 Å². The van der Waals surface area contributed by atoms with Gasteiger partial charge in [0.1, 0.15) is 5.82 Å². The minimum absolute atomic E-state index is 0.0393. The van der Waals surface area contributed by atoms with Gasteiger partial charge in [-0.05, 0) is 74.8 Å². The monoisotopic (exact) mass is 273 g/mol. The number of benzene rings is 1. The molecule has 0 saturated heterocycles. The Labute approximate surface area is 121 Å². The Kier molecular flexibility index (Phi) is 2.92. The maximum absolute atomic E-state index is 14.3. The van der Waals surface area contributed by atoms with Crippen molar-refractivity contribution in [2.45, 2.75) is 44.6 Å². The minimum Gasteiger partial charge on any atom is -0.312 e. The molecule has 1 nitrogen and oxygen atoms in total. The van der Waals surface area contributed by atoms with Crippen LogP contribution >= 0.6 is 0 Å². The highest BCUT2D eigenvalue weighted by Crippen LogP contribution is 2.64. The minimum atomic E-state index is -0.0393. The lowest BCUT2D eigenvalue weighted by atomic mass is 9.47. The SMILES string of the molecule is CNC(c1ccccc1F)C12CC3CC(CC(C3)C1)C2. The summed E-state index contributed by atoms with van der Waals surface area (Å²) in [7, 11) is 2.01. The molecular weight excluding hydrogens is 249 g/mol. The molecule has 4 aliphatic rings. The predicted octanol–water partition coefficient (Wildman–Crippen LogP) is 4.30. The van der Waals surface area contributed by atoms with Gasteiger partial charge in [0.05, 0.1) is 0 Å². The number of hydrogen-bond acceptors (Lipinski definition) is 1. The second-order valence-electron chi connectivity index (χ2n) is 7.52. The van der Waals surface area contributed by atoms with Crippen molar-refractivity contribution in [2.24, 2.45) is 23.2 Å². The summed E-state index contributed by atoms with van der Waals surface area (Å²) in [5.74, 6) is 2.68. The maximum atomic E-state index is 14.3. The van der Waals surface area contributed by atoms with Crippen LogP contribution in [0.5, 0.6) is 0 Å². The lowest BCUT2D eigenvalue weighted by Gasteiger charge is -2.59. The molecule has 1 unspecified atom stereocenters. The topological polar surface area (TPSA) is 12.0 Å². The third-order valence-electron chi connectivity index (χ3n) is 6.20. The molecule has 0 aromatic heterocycles. The normalized spacial score (nSPS) is 40.0. The Morgan fingerprint density at radius 3 is 2.10 bits per heavy atom. The van der Waals surface area contributed by atoms with Crippen LogP contribution in [-0.2, 0) is 0 Å². The van der Waals surface area contributed by atoms with Gasteiger partial charge in [0.25, 0.3) is 0 Å². The van der Waals surface area contributed by atoms with Gasteiger partial charge >= 0.3 is 0 Å². The molecular formula is C18H24FN. The fourth-order valence-corrected chi connectivity index (χ4v) is 6.03. The van der Waals surface area contributed by atoms with Crippen LogP contribution in [0.4, 0.5) is 4.39 Å². The fourth-order valence-electron chi connectivity index (χ4n) is 6.03. The lowest BCUT2D eigenvalue weighted by Crippen LogP contribution is -2.51. The number of hydrogen-bond donors (Lipinski definition) is 1. The van der Waals surface area contributed by atoms with Gasteiger partial charge < -0.3 is 5.32 Å². The van der Waals surface area contributed by atoms with Crippen LogP contribution < -0.4 is 5.32 Å². The van der Waals surface area contributed by atoms with Crippen LogP contribution in [0, 0.1) is 29.0 Å². The zero-order chi connectivity index (χ0) is 13.7. The van der Waals surface area contributed by atoms with E-state index in [0.29, 0.717) is 5.41 Å². The number of rotatable bonds is 3. The second kappa shape index (κ2) is 4.56. The summed E-state index contributed by atoms with van der Waals surface area (Å²) in [5.41, 5.74) is 1.20. The van der Waals surface area contributed by atoms with Crippen molar-refractivity contribution < 1.29 is 4.39 Å². The first-order valence-electron chi connectivity index (χ1n) is 8.12. The molecule has 4 saturated carbocycles. The van der Waals surface area contributed by atoms with E-state index in [2.05, 4.69) is 5.32 Å². The highest BCUT2D eigenvalue weighted by molar-refractivity contribution is 5.25. The number of halogens is 1. The Bertz CT molecular complexity index is 475. The molecule has 4 bridgehead atoms. The summed E-state index contributed by atoms with van der Waals surface area (Å²) in [5, 5.41) is 3.48. The summed E-state index contributed by atoms with van der Waals surface area (Å²) in [6.45, 7) is 0. The molecule has 0 heterocycles. The van der Waals surface area contributed by atoms with E-state index in [1.54, 1.807) is 12.1 Å². The van der Waals surface area contributed by atoms with E-state index in [1.165, 1.54) is 38.5 Å². The Hall–Kier alpha value is -0.890. The fraction of sp³-hybridized carbons (Fsp3) is 0.667. The molecule has 2 heteroatoms. The van der Waals surface area contributed by atoms with Gasteiger partial charge in [0, 0.05) is 11.6 Å². The van der Waals surface area contributed by atoms with Crippen LogP contribution in [0.1, 0.15) is 50.1 Å². The highest BCUT2D eigenvalue weighted by atomic mass is 19.1. The molecule has 20 heavy (non-hydrogen) atoms. The molecule has 1 aromatic rings. The molecule has 4 fully saturated rings. The van der Waals surface area contributed by atoms with E-state index < -0.39 is 0 Å². The third-order valence-corrected chi connectivity index (χ3v) is 6.20. The van der Waals surface area contributed by atoms with Gasteiger partial charge in [0.2, 0.25) is 0 Å². The summed E-state index contributed by atoms with van der Waals surface area (Å²) in [6, 6.07) is 7.56. The van der Waals surface area contributed by atoms with Gasteiger partial charge in [-0.2, -0.15) is 0 Å². The van der Waals surface area contributed by atoms with Gasteiger partial charge in [-0.3, -0.25) is 0 Å². The Balaban J connectivity index is 1.73. The average Bonchev–Trinajstić information content (AvgIpc) is 2.40. The van der Waals surface area contributed by atoms with Crippen molar-refractivity contribution in [3.8, 4) is 0 Å². The Morgan fingerprint density at radius 2 is 1.60 bits per heavy atom. The second-order valence-corrected chi connectivity index (χ2v) is 7.52. The molecule has 0 amide bonds. The zero-order valence-electron chi connectivity index (χ0n) is 12.2.